The van der Waals surface area contributed by atoms with Gasteiger partial charge in [0.2, 0.25) is 5.91 Å². The number of nitrogens with two attached hydrogens (primary N) is 1. The molecule has 0 aliphatic heterocycles. The number of nitrogens with zero attached hydrogens (tertiary/aromatic N) is 1. The number of anilines is 1. The number of benzene rings is 2. The maximum Gasteiger partial charge on any atom is 0.262 e. The Morgan fingerprint density at radius 1 is 1.04 bits per heavy atom. The predicted octanol–water partition coefficient (Wildman–Crippen LogP) is 3.17. The van der Waals surface area contributed by atoms with E-state index < -0.39 is 5.91 Å². The Balaban J connectivity index is 1.65. The highest BCUT2D eigenvalue weighted by Crippen LogP contribution is 2.27. The van der Waals surface area contributed by atoms with Crippen LogP contribution < -0.4 is 15.8 Å². The smallest absolute Gasteiger partial charge is 0.262 e. The van der Waals surface area contributed by atoms with Gasteiger partial charge in [-0.1, -0.05) is 29.8 Å². The Kier molecular flexibility index (Phi) is 5.47. The Morgan fingerprint density at radius 2 is 1.74 bits per heavy atom. The molecule has 0 spiro atoms. The number of hydrogen-bond donors (Lipinski definition) is 2. The van der Waals surface area contributed by atoms with Crippen molar-refractivity contribution in [2.24, 2.45) is 5.73 Å². The van der Waals surface area contributed by atoms with Crippen molar-refractivity contribution in [1.29, 1.82) is 0 Å². The van der Waals surface area contributed by atoms with Crippen molar-refractivity contribution in [2.45, 2.75) is 6.92 Å². The maximum atomic E-state index is 12.1. The number of aryl methyl sites for hydroxylation is 1. The summed E-state index contributed by atoms with van der Waals surface area (Å²) in [5, 5.41) is 2.71. The molecule has 2 amide bonds. The SMILES string of the molecule is Cc1ccc(-c2ncccc2OCC(=O)Nc2ccc(C(N)=O)cc2)cc1. The second-order valence-corrected chi connectivity index (χ2v) is 5.99. The topological polar surface area (TPSA) is 94.3 Å². The van der Waals surface area contributed by atoms with Crippen molar-refractivity contribution in [1.82, 2.24) is 4.98 Å². The molecule has 1 aromatic heterocycles. The number of carbonyl (C=O) groups excluding carboxylic acids is 2. The molecule has 6 nitrogen and oxygen atoms in total. The van der Waals surface area contributed by atoms with Gasteiger partial charge in [0.1, 0.15) is 11.4 Å². The summed E-state index contributed by atoms with van der Waals surface area (Å²) in [5.74, 6) is -0.308. The lowest BCUT2D eigenvalue weighted by molar-refractivity contribution is -0.118. The van der Waals surface area contributed by atoms with Crippen LogP contribution in [-0.2, 0) is 4.79 Å². The Morgan fingerprint density at radius 3 is 2.41 bits per heavy atom. The number of rotatable bonds is 6. The van der Waals surface area contributed by atoms with Crippen LogP contribution in [0.3, 0.4) is 0 Å². The molecule has 6 heteroatoms. The van der Waals surface area contributed by atoms with Gasteiger partial charge in [-0.3, -0.25) is 14.6 Å². The third-order valence-electron chi connectivity index (χ3n) is 3.91. The minimum Gasteiger partial charge on any atom is -0.481 e. The highest BCUT2D eigenvalue weighted by atomic mass is 16.5. The summed E-state index contributed by atoms with van der Waals surface area (Å²) in [6, 6.07) is 17.8. The first-order chi connectivity index (χ1) is 13.0. The summed E-state index contributed by atoms with van der Waals surface area (Å²) in [6.07, 6.45) is 1.68. The molecule has 0 fully saturated rings. The molecule has 3 N–H and O–H groups in total. The van der Waals surface area contributed by atoms with Gasteiger partial charge in [-0.2, -0.15) is 0 Å². The normalized spacial score (nSPS) is 10.3. The first-order valence-electron chi connectivity index (χ1n) is 8.37. The molecule has 3 aromatic rings. The van der Waals surface area contributed by atoms with Crippen LogP contribution in [0.15, 0.2) is 66.9 Å². The molecule has 27 heavy (non-hydrogen) atoms. The highest BCUT2D eigenvalue weighted by molar-refractivity contribution is 5.95. The Hall–Kier alpha value is -3.67. The molecule has 0 aliphatic rings. The van der Waals surface area contributed by atoms with E-state index in [4.69, 9.17) is 10.5 Å². The van der Waals surface area contributed by atoms with Crippen molar-refractivity contribution in [2.75, 3.05) is 11.9 Å². The third kappa shape index (κ3) is 4.70. The first kappa shape index (κ1) is 18.1. The van der Waals surface area contributed by atoms with Crippen LogP contribution in [0, 0.1) is 6.92 Å². The molecule has 0 unspecified atom stereocenters. The molecular formula is C21H19N3O3. The zero-order valence-electron chi connectivity index (χ0n) is 14.8. The second kappa shape index (κ2) is 8.14. The molecule has 1 heterocycles. The number of aromatic nitrogens is 1. The van der Waals surface area contributed by atoms with E-state index in [1.54, 1.807) is 42.6 Å². The number of ether oxygens (including phenoxy) is 1. The quantitative estimate of drug-likeness (QED) is 0.705. The number of nitrogens with one attached hydrogen (secondary N) is 1. The van der Waals surface area contributed by atoms with E-state index in [2.05, 4.69) is 10.3 Å². The second-order valence-electron chi connectivity index (χ2n) is 5.99. The summed E-state index contributed by atoms with van der Waals surface area (Å²) in [4.78, 5) is 27.6. The number of amides is 2. The van der Waals surface area contributed by atoms with Crippen LogP contribution in [-0.4, -0.2) is 23.4 Å². The zero-order valence-corrected chi connectivity index (χ0v) is 14.8. The van der Waals surface area contributed by atoms with Gasteiger partial charge in [-0.15, -0.1) is 0 Å². The molecule has 0 atom stereocenters. The number of carbonyl (C=O) groups is 2. The van der Waals surface area contributed by atoms with Gasteiger partial charge >= 0.3 is 0 Å². The number of primary amides is 1. The van der Waals surface area contributed by atoms with E-state index in [0.717, 1.165) is 11.1 Å². The number of hydrogen-bond acceptors (Lipinski definition) is 4. The summed E-state index contributed by atoms with van der Waals surface area (Å²) in [7, 11) is 0. The van der Waals surface area contributed by atoms with Crippen molar-refractivity contribution >= 4 is 17.5 Å². The Labute approximate surface area is 157 Å². The van der Waals surface area contributed by atoms with E-state index in [9.17, 15) is 9.59 Å². The first-order valence-corrected chi connectivity index (χ1v) is 8.37. The molecule has 0 saturated carbocycles. The third-order valence-corrected chi connectivity index (χ3v) is 3.91. The molecule has 0 aliphatic carbocycles. The van der Waals surface area contributed by atoms with Gasteiger partial charge in [-0.25, -0.2) is 0 Å². The van der Waals surface area contributed by atoms with Crippen LogP contribution in [0.5, 0.6) is 5.75 Å². The lowest BCUT2D eigenvalue weighted by atomic mass is 10.1. The standard InChI is InChI=1S/C21H19N3O3/c1-14-4-6-15(7-5-14)20-18(3-2-12-23-20)27-13-19(25)24-17-10-8-16(9-11-17)21(22)26/h2-12H,13H2,1H3,(H2,22,26)(H,24,25). The fraction of sp³-hybridized carbons (Fsp3) is 0.0952. The van der Waals surface area contributed by atoms with Crippen LogP contribution in [0.1, 0.15) is 15.9 Å². The van der Waals surface area contributed by atoms with Gasteiger partial charge in [0.25, 0.3) is 5.91 Å². The summed E-state index contributed by atoms with van der Waals surface area (Å²) in [5.41, 5.74) is 8.87. The van der Waals surface area contributed by atoms with Crippen molar-refractivity contribution in [3.8, 4) is 17.0 Å². The minimum atomic E-state index is -0.517. The monoisotopic (exact) mass is 361 g/mol. The maximum absolute atomic E-state index is 12.1. The zero-order chi connectivity index (χ0) is 19.2. The summed E-state index contributed by atoms with van der Waals surface area (Å²) < 4.78 is 5.67. The molecule has 2 aromatic carbocycles. The average molecular weight is 361 g/mol. The van der Waals surface area contributed by atoms with Crippen molar-refractivity contribution < 1.29 is 14.3 Å². The summed E-state index contributed by atoms with van der Waals surface area (Å²) in [6.45, 7) is 1.85. The van der Waals surface area contributed by atoms with Crippen molar-refractivity contribution in [3.63, 3.8) is 0 Å². The van der Waals surface area contributed by atoms with Gasteiger partial charge in [0.05, 0.1) is 0 Å². The van der Waals surface area contributed by atoms with Crippen molar-refractivity contribution in [3.05, 3.63) is 78.0 Å². The minimum absolute atomic E-state index is 0.165. The van der Waals surface area contributed by atoms with E-state index in [-0.39, 0.29) is 12.5 Å². The van der Waals surface area contributed by atoms with Gasteiger partial charge in [0.15, 0.2) is 6.61 Å². The Bertz CT molecular complexity index is 951. The average Bonchev–Trinajstić information content (AvgIpc) is 2.68. The van der Waals surface area contributed by atoms with Gasteiger partial charge in [-0.05, 0) is 43.3 Å². The van der Waals surface area contributed by atoms with E-state index in [1.165, 1.54) is 0 Å². The van der Waals surface area contributed by atoms with Crippen LogP contribution in [0.4, 0.5) is 5.69 Å². The fourth-order valence-electron chi connectivity index (χ4n) is 2.49. The lowest BCUT2D eigenvalue weighted by Gasteiger charge is -2.11. The summed E-state index contributed by atoms with van der Waals surface area (Å²) >= 11 is 0. The largest absolute Gasteiger partial charge is 0.481 e. The molecule has 3 rings (SSSR count). The van der Waals surface area contributed by atoms with Gasteiger partial charge in [0, 0.05) is 23.0 Å². The van der Waals surface area contributed by atoms with Crippen LogP contribution in [0.2, 0.25) is 0 Å². The number of pyridine rings is 1. The predicted molar refractivity (Wildman–Crippen MR) is 103 cm³/mol. The lowest BCUT2D eigenvalue weighted by Crippen LogP contribution is -2.20. The highest BCUT2D eigenvalue weighted by Gasteiger charge is 2.10. The molecule has 136 valence electrons. The van der Waals surface area contributed by atoms with E-state index in [1.807, 2.05) is 31.2 Å². The fourth-order valence-corrected chi connectivity index (χ4v) is 2.49. The van der Waals surface area contributed by atoms with Gasteiger partial charge < -0.3 is 15.8 Å². The van der Waals surface area contributed by atoms with E-state index >= 15 is 0 Å². The van der Waals surface area contributed by atoms with Crippen LogP contribution in [0.25, 0.3) is 11.3 Å². The molecule has 0 radical (unpaired) electrons. The molecular weight excluding hydrogens is 342 g/mol. The molecule has 0 saturated heterocycles. The van der Waals surface area contributed by atoms with Crippen LogP contribution >= 0.6 is 0 Å². The molecule has 0 bridgehead atoms. The van der Waals surface area contributed by atoms with E-state index in [0.29, 0.717) is 22.7 Å².